The van der Waals surface area contributed by atoms with E-state index in [4.69, 9.17) is 20.4 Å². The molecule has 11 nitrogen and oxygen atoms in total. The van der Waals surface area contributed by atoms with Gasteiger partial charge in [0.05, 0.1) is 13.2 Å². The lowest BCUT2D eigenvalue weighted by Crippen LogP contribution is -2.32. The summed E-state index contributed by atoms with van der Waals surface area (Å²) in [6.45, 7) is 4.08. The summed E-state index contributed by atoms with van der Waals surface area (Å²) in [7, 11) is 0. The van der Waals surface area contributed by atoms with Crippen molar-refractivity contribution in [1.82, 2.24) is 9.88 Å². The number of carboxylic acid groups (broad SMARTS) is 1. The van der Waals surface area contributed by atoms with Crippen molar-refractivity contribution in [3.05, 3.63) is 84.6 Å². The van der Waals surface area contributed by atoms with E-state index in [1.165, 1.54) is 0 Å². The number of nitrogen functional groups attached to an aromatic ring is 1. The number of benzene rings is 3. The first-order valence-corrected chi connectivity index (χ1v) is 14.8. The number of aliphatic carboxylic acids is 1. The molecule has 1 saturated heterocycles. The van der Waals surface area contributed by atoms with Crippen LogP contribution in [0.4, 0.5) is 40.8 Å². The number of carboxylic acids is 1. The molecule has 1 aliphatic heterocycles. The van der Waals surface area contributed by atoms with Crippen molar-refractivity contribution in [2.45, 2.75) is 32.0 Å². The number of carbonyl (C=O) groups is 3. The number of alkyl halides is 3. The summed E-state index contributed by atoms with van der Waals surface area (Å²) in [6, 6.07) is 21.9. The number of ether oxygens (including phenoxy) is 1. The number of carbonyl (C=O) groups excluding carboxylic acids is 2. The van der Waals surface area contributed by atoms with Crippen LogP contribution in [-0.4, -0.2) is 65.2 Å². The van der Waals surface area contributed by atoms with Gasteiger partial charge in [-0.1, -0.05) is 18.2 Å². The van der Waals surface area contributed by atoms with Gasteiger partial charge < -0.3 is 36.4 Å². The summed E-state index contributed by atoms with van der Waals surface area (Å²) < 4.78 is 37.4. The number of rotatable bonds is 10. The molecule has 0 spiro atoms. The molecule has 14 heteroatoms. The summed E-state index contributed by atoms with van der Waals surface area (Å²) in [6.07, 6.45) is -1.35. The van der Waals surface area contributed by atoms with E-state index in [1.807, 2.05) is 84.6 Å². The lowest BCUT2D eigenvalue weighted by Gasteiger charge is -2.21. The van der Waals surface area contributed by atoms with Crippen molar-refractivity contribution in [3.63, 3.8) is 0 Å². The largest absolute Gasteiger partial charge is 0.494 e. The Morgan fingerprint density at radius 2 is 1.68 bits per heavy atom. The standard InChI is InChI=1S/C31H34N6O3.C2HF3O2/c1-2-40-26-10-5-7-22(18-26)29(35-25-11-12-27-21(17-25)13-14-33-30(27)32)28(38)20-34-23-8-6-9-24(19-23)36-31(39)37-15-3-4-16-37;3-2(4,5)1(6)7/h5-14,17-19,29,34-35H,2-4,15-16,20H2,1H3,(H2,32,33)(H,36,39);(H,6,7). The number of nitrogens with zero attached hydrogens (tertiary/aromatic N) is 2. The Balaban J connectivity index is 0.000000644. The highest BCUT2D eigenvalue weighted by Gasteiger charge is 2.38. The number of pyridine rings is 1. The number of fused-ring (bicyclic) bond motifs is 1. The predicted molar refractivity (Wildman–Crippen MR) is 174 cm³/mol. The molecule has 47 heavy (non-hydrogen) atoms. The number of nitrogens with two attached hydrogens (primary N) is 1. The average molecular weight is 653 g/mol. The Bertz CT molecular complexity index is 1710. The van der Waals surface area contributed by atoms with Gasteiger partial charge in [-0.3, -0.25) is 4.79 Å². The highest BCUT2D eigenvalue weighted by molar-refractivity contribution is 5.95. The molecule has 1 atom stereocenters. The fourth-order valence-corrected chi connectivity index (χ4v) is 4.88. The van der Waals surface area contributed by atoms with E-state index in [1.54, 1.807) is 6.20 Å². The molecule has 1 fully saturated rings. The molecule has 4 aromatic rings. The molecule has 2 amide bonds. The molecule has 5 rings (SSSR count). The first-order chi connectivity index (χ1) is 22.4. The number of hydrogen-bond donors (Lipinski definition) is 5. The van der Waals surface area contributed by atoms with E-state index in [0.717, 1.165) is 53.6 Å². The Hall–Kier alpha value is -5.53. The van der Waals surface area contributed by atoms with E-state index >= 15 is 0 Å². The topological polar surface area (TPSA) is 159 Å². The molecule has 248 valence electrons. The Morgan fingerprint density at radius 3 is 2.38 bits per heavy atom. The minimum atomic E-state index is -5.08. The van der Waals surface area contributed by atoms with Gasteiger partial charge in [-0.05, 0) is 85.3 Å². The molecule has 1 unspecified atom stereocenters. The number of Topliss-reactive ketones (excluding diaryl/α,β-unsaturated/α-hetero) is 1. The second-order valence-electron chi connectivity index (χ2n) is 10.5. The van der Waals surface area contributed by atoms with Gasteiger partial charge in [-0.2, -0.15) is 13.2 Å². The maximum absolute atomic E-state index is 13.7. The van der Waals surface area contributed by atoms with Crippen LogP contribution in [0, 0.1) is 0 Å². The van der Waals surface area contributed by atoms with Gasteiger partial charge in [0, 0.05) is 41.7 Å². The van der Waals surface area contributed by atoms with Crippen molar-refractivity contribution >= 4 is 51.4 Å². The number of halogens is 3. The SMILES string of the molecule is CCOc1cccc(C(Nc2ccc3c(N)nccc3c2)C(=O)CNc2cccc(NC(=O)N3CCCC3)c2)c1.O=C(O)C(F)(F)F. The van der Waals surface area contributed by atoms with Crippen LogP contribution in [0.1, 0.15) is 31.4 Å². The summed E-state index contributed by atoms with van der Waals surface area (Å²) in [5.41, 5.74) is 9.01. The van der Waals surface area contributed by atoms with Crippen LogP contribution >= 0.6 is 0 Å². The zero-order chi connectivity index (χ0) is 34.0. The number of nitrogens with one attached hydrogen (secondary N) is 3. The summed E-state index contributed by atoms with van der Waals surface area (Å²) in [4.78, 5) is 41.0. The van der Waals surface area contributed by atoms with Crippen LogP contribution in [0.2, 0.25) is 0 Å². The van der Waals surface area contributed by atoms with Gasteiger partial charge in [0.1, 0.15) is 17.6 Å². The van der Waals surface area contributed by atoms with Gasteiger partial charge >= 0.3 is 18.2 Å². The Kier molecular flexibility index (Phi) is 11.4. The van der Waals surface area contributed by atoms with Crippen LogP contribution in [0.3, 0.4) is 0 Å². The Morgan fingerprint density at radius 1 is 0.979 bits per heavy atom. The quantitative estimate of drug-likeness (QED) is 0.132. The number of urea groups is 1. The molecule has 0 bridgehead atoms. The van der Waals surface area contributed by atoms with E-state index in [0.29, 0.717) is 23.9 Å². The summed E-state index contributed by atoms with van der Waals surface area (Å²) in [5, 5.41) is 18.5. The average Bonchev–Trinajstić information content (AvgIpc) is 3.59. The zero-order valence-corrected chi connectivity index (χ0v) is 25.5. The van der Waals surface area contributed by atoms with Gasteiger partial charge in [-0.15, -0.1) is 0 Å². The minimum absolute atomic E-state index is 0.0607. The van der Waals surface area contributed by atoms with E-state index in [2.05, 4.69) is 20.9 Å². The van der Waals surface area contributed by atoms with Gasteiger partial charge in [0.25, 0.3) is 0 Å². The molecule has 0 aliphatic carbocycles. The number of ketones is 1. The lowest BCUT2D eigenvalue weighted by molar-refractivity contribution is -0.192. The number of amides is 2. The van der Waals surface area contributed by atoms with Crippen LogP contribution in [0.15, 0.2) is 79.0 Å². The number of hydrogen-bond acceptors (Lipinski definition) is 8. The van der Waals surface area contributed by atoms with Crippen LogP contribution in [0.5, 0.6) is 5.75 Å². The lowest BCUT2D eigenvalue weighted by atomic mass is 10.0. The molecule has 1 aliphatic rings. The minimum Gasteiger partial charge on any atom is -0.494 e. The Labute approximate surface area is 268 Å². The van der Waals surface area contributed by atoms with E-state index in [9.17, 15) is 22.8 Å². The third-order valence-electron chi connectivity index (χ3n) is 7.15. The maximum atomic E-state index is 13.7. The van der Waals surface area contributed by atoms with E-state index < -0.39 is 18.2 Å². The van der Waals surface area contributed by atoms with Crippen LogP contribution < -0.4 is 26.4 Å². The number of aromatic nitrogens is 1. The fraction of sp³-hybridized carbons (Fsp3) is 0.273. The van der Waals surface area contributed by atoms with Gasteiger partial charge in [0.15, 0.2) is 5.78 Å². The van der Waals surface area contributed by atoms with Crippen LogP contribution in [0.25, 0.3) is 10.8 Å². The smallest absolute Gasteiger partial charge is 0.490 e. The number of anilines is 4. The number of likely N-dealkylation sites (tertiary alicyclic amines) is 1. The predicted octanol–water partition coefficient (Wildman–Crippen LogP) is 6.31. The van der Waals surface area contributed by atoms with Crippen molar-refractivity contribution in [2.75, 3.05) is 47.9 Å². The summed E-state index contributed by atoms with van der Waals surface area (Å²) >= 11 is 0. The molecular weight excluding hydrogens is 617 g/mol. The highest BCUT2D eigenvalue weighted by Crippen LogP contribution is 2.28. The second kappa shape index (κ2) is 15.7. The third kappa shape index (κ3) is 9.73. The maximum Gasteiger partial charge on any atom is 0.490 e. The third-order valence-corrected chi connectivity index (χ3v) is 7.15. The molecular formula is C33H35F3N6O5. The normalized spacial score (nSPS) is 13.2. The molecule has 0 saturated carbocycles. The van der Waals surface area contributed by atoms with E-state index in [-0.39, 0.29) is 18.4 Å². The van der Waals surface area contributed by atoms with Crippen molar-refractivity contribution in [3.8, 4) is 5.75 Å². The molecule has 2 heterocycles. The first kappa shape index (κ1) is 34.3. The molecule has 6 N–H and O–H groups in total. The first-order valence-electron chi connectivity index (χ1n) is 14.8. The fourth-order valence-electron chi connectivity index (χ4n) is 4.88. The van der Waals surface area contributed by atoms with Crippen molar-refractivity contribution in [2.24, 2.45) is 0 Å². The van der Waals surface area contributed by atoms with Crippen molar-refractivity contribution in [1.29, 1.82) is 0 Å². The highest BCUT2D eigenvalue weighted by atomic mass is 19.4. The monoisotopic (exact) mass is 652 g/mol. The summed E-state index contributed by atoms with van der Waals surface area (Å²) in [5.74, 6) is -1.66. The molecule has 1 aromatic heterocycles. The zero-order valence-electron chi connectivity index (χ0n) is 25.5. The van der Waals surface area contributed by atoms with Crippen molar-refractivity contribution < 1.29 is 37.4 Å². The van der Waals surface area contributed by atoms with Gasteiger partial charge in [-0.25, -0.2) is 14.6 Å². The van der Waals surface area contributed by atoms with Crippen LogP contribution in [-0.2, 0) is 9.59 Å². The molecule has 3 aromatic carbocycles. The van der Waals surface area contributed by atoms with Gasteiger partial charge in [0.2, 0.25) is 0 Å². The molecule has 0 radical (unpaired) electrons. The second-order valence-corrected chi connectivity index (χ2v) is 10.5.